The maximum atomic E-state index is 5.90. The van der Waals surface area contributed by atoms with Crippen molar-refractivity contribution >= 4 is 0 Å². The van der Waals surface area contributed by atoms with Crippen LogP contribution in [-0.2, 0) is 11.8 Å². The van der Waals surface area contributed by atoms with Crippen molar-refractivity contribution in [2.75, 3.05) is 6.61 Å². The van der Waals surface area contributed by atoms with E-state index in [2.05, 4.69) is 39.8 Å². The van der Waals surface area contributed by atoms with Gasteiger partial charge in [0.2, 0.25) is 0 Å². The first kappa shape index (κ1) is 12.5. The monoisotopic (exact) mass is 232 g/mol. The smallest absolute Gasteiger partial charge is 0.122 e. The fraction of sp³-hybridized carbons (Fsp3) is 0.625. The van der Waals surface area contributed by atoms with Crippen LogP contribution in [-0.4, -0.2) is 6.61 Å². The molecule has 0 aromatic heterocycles. The molecule has 0 radical (unpaired) electrons. The number of fused-ring (bicyclic) bond motifs is 1. The van der Waals surface area contributed by atoms with Crippen molar-refractivity contribution in [3.05, 3.63) is 28.8 Å². The fourth-order valence-electron chi connectivity index (χ4n) is 2.95. The average Bonchev–Trinajstić information content (AvgIpc) is 2.59. The summed E-state index contributed by atoms with van der Waals surface area (Å²) in [5, 5.41) is 0. The van der Waals surface area contributed by atoms with E-state index in [1.54, 1.807) is 0 Å². The lowest BCUT2D eigenvalue weighted by molar-refractivity contribution is 0.306. The maximum absolute atomic E-state index is 5.90. The predicted molar refractivity (Wildman–Crippen MR) is 72.9 cm³/mol. The van der Waals surface area contributed by atoms with Crippen LogP contribution in [0.15, 0.2) is 12.1 Å². The highest BCUT2D eigenvalue weighted by Gasteiger charge is 2.32. The Labute approximate surface area is 105 Å². The van der Waals surface area contributed by atoms with Crippen LogP contribution >= 0.6 is 0 Å². The molecule has 0 saturated heterocycles. The Morgan fingerprint density at radius 1 is 1.29 bits per heavy atom. The zero-order valence-corrected chi connectivity index (χ0v) is 11.6. The molecule has 0 aliphatic heterocycles. The lowest BCUT2D eigenvalue weighted by atomic mass is 9.84. The highest BCUT2D eigenvalue weighted by molar-refractivity contribution is 5.50. The molecule has 0 atom stereocenters. The van der Waals surface area contributed by atoms with Crippen LogP contribution in [0.5, 0.6) is 5.75 Å². The number of aryl methyl sites for hydroxylation is 1. The van der Waals surface area contributed by atoms with Gasteiger partial charge < -0.3 is 4.74 Å². The van der Waals surface area contributed by atoms with Gasteiger partial charge in [0.15, 0.2) is 0 Å². The number of ether oxygens (including phenoxy) is 1. The molecule has 1 nitrogen and oxygen atoms in total. The number of hydrogen-bond donors (Lipinski definition) is 0. The van der Waals surface area contributed by atoms with E-state index >= 15 is 0 Å². The molecular weight excluding hydrogens is 208 g/mol. The number of hydrogen-bond acceptors (Lipinski definition) is 1. The minimum Gasteiger partial charge on any atom is -0.493 e. The highest BCUT2D eigenvalue weighted by atomic mass is 16.5. The Morgan fingerprint density at radius 3 is 2.76 bits per heavy atom. The first-order chi connectivity index (χ1) is 8.06. The van der Waals surface area contributed by atoms with Gasteiger partial charge in [-0.25, -0.2) is 0 Å². The van der Waals surface area contributed by atoms with E-state index in [1.165, 1.54) is 36.0 Å². The quantitative estimate of drug-likeness (QED) is 0.699. The first-order valence-corrected chi connectivity index (χ1v) is 6.82. The molecule has 0 spiro atoms. The molecule has 94 valence electrons. The molecule has 0 heterocycles. The molecule has 1 aliphatic rings. The summed E-state index contributed by atoms with van der Waals surface area (Å²) in [6, 6.07) is 4.42. The Hall–Kier alpha value is -0.980. The summed E-state index contributed by atoms with van der Waals surface area (Å²) in [5.74, 6) is 1.09. The van der Waals surface area contributed by atoms with Crippen molar-refractivity contribution in [1.82, 2.24) is 0 Å². The first-order valence-electron chi connectivity index (χ1n) is 6.82. The molecule has 0 saturated carbocycles. The molecule has 1 aromatic carbocycles. The summed E-state index contributed by atoms with van der Waals surface area (Å²) in [6.45, 7) is 9.95. The summed E-state index contributed by atoms with van der Waals surface area (Å²) in [5.41, 5.74) is 4.74. The third-order valence-electron chi connectivity index (χ3n) is 3.95. The molecule has 0 unspecified atom stereocenters. The molecule has 1 heteroatoms. The Morgan fingerprint density at radius 2 is 2.06 bits per heavy atom. The summed E-state index contributed by atoms with van der Waals surface area (Å²) in [4.78, 5) is 0. The van der Waals surface area contributed by atoms with E-state index in [-0.39, 0.29) is 0 Å². The van der Waals surface area contributed by atoms with Crippen molar-refractivity contribution in [3.8, 4) is 5.75 Å². The second-order valence-electron chi connectivity index (χ2n) is 5.81. The number of benzene rings is 1. The molecule has 0 N–H and O–H groups in total. The minimum atomic E-state index is 0.323. The standard InChI is InChI=1S/C16H24O/c1-5-6-11-17-14-8-7-13-9-10-16(3,4)15(13)12(14)2/h7-8H,5-6,9-11H2,1-4H3. The van der Waals surface area contributed by atoms with Gasteiger partial charge in [0.1, 0.15) is 5.75 Å². The lowest BCUT2D eigenvalue weighted by Gasteiger charge is -2.23. The average molecular weight is 232 g/mol. The van der Waals surface area contributed by atoms with Crippen LogP contribution in [0.1, 0.15) is 56.7 Å². The minimum absolute atomic E-state index is 0.323. The topological polar surface area (TPSA) is 9.23 Å². The van der Waals surface area contributed by atoms with Gasteiger partial charge in [0.25, 0.3) is 0 Å². The van der Waals surface area contributed by atoms with Crippen molar-refractivity contribution in [2.24, 2.45) is 0 Å². The Bertz CT molecular complexity index is 404. The van der Waals surface area contributed by atoms with Gasteiger partial charge in [-0.05, 0) is 54.4 Å². The zero-order valence-electron chi connectivity index (χ0n) is 11.6. The van der Waals surface area contributed by atoms with Crippen molar-refractivity contribution < 1.29 is 4.74 Å². The van der Waals surface area contributed by atoms with E-state index in [0.717, 1.165) is 18.8 Å². The maximum Gasteiger partial charge on any atom is 0.122 e. The van der Waals surface area contributed by atoms with Gasteiger partial charge in [0, 0.05) is 0 Å². The zero-order chi connectivity index (χ0) is 12.5. The number of unbranched alkanes of at least 4 members (excludes halogenated alkanes) is 1. The van der Waals surface area contributed by atoms with Gasteiger partial charge in [-0.15, -0.1) is 0 Å². The second kappa shape index (κ2) is 4.72. The molecular formula is C16H24O. The summed E-state index contributed by atoms with van der Waals surface area (Å²) in [7, 11) is 0. The Kier molecular flexibility index (Phi) is 3.46. The van der Waals surface area contributed by atoms with Crippen LogP contribution in [0.3, 0.4) is 0 Å². The van der Waals surface area contributed by atoms with E-state index < -0.39 is 0 Å². The fourth-order valence-corrected chi connectivity index (χ4v) is 2.95. The van der Waals surface area contributed by atoms with Crippen molar-refractivity contribution in [3.63, 3.8) is 0 Å². The summed E-state index contributed by atoms with van der Waals surface area (Å²) < 4.78 is 5.90. The lowest BCUT2D eigenvalue weighted by Crippen LogP contribution is -2.14. The highest BCUT2D eigenvalue weighted by Crippen LogP contribution is 2.42. The number of rotatable bonds is 4. The normalized spacial score (nSPS) is 16.9. The molecule has 2 rings (SSSR count). The van der Waals surface area contributed by atoms with Crippen LogP contribution in [0.4, 0.5) is 0 Å². The van der Waals surface area contributed by atoms with E-state index in [1.807, 2.05) is 0 Å². The van der Waals surface area contributed by atoms with E-state index in [9.17, 15) is 0 Å². The van der Waals surface area contributed by atoms with Crippen molar-refractivity contribution in [2.45, 2.75) is 58.8 Å². The largest absolute Gasteiger partial charge is 0.493 e. The van der Waals surface area contributed by atoms with Gasteiger partial charge in [-0.2, -0.15) is 0 Å². The van der Waals surface area contributed by atoms with Crippen LogP contribution in [0.25, 0.3) is 0 Å². The third kappa shape index (κ3) is 2.34. The Balaban J connectivity index is 2.26. The van der Waals surface area contributed by atoms with Gasteiger partial charge in [0.05, 0.1) is 6.61 Å². The van der Waals surface area contributed by atoms with Crippen LogP contribution < -0.4 is 4.74 Å². The van der Waals surface area contributed by atoms with Gasteiger partial charge in [-0.1, -0.05) is 33.3 Å². The summed E-state index contributed by atoms with van der Waals surface area (Å²) in [6.07, 6.45) is 4.81. The third-order valence-corrected chi connectivity index (χ3v) is 3.95. The molecule has 0 bridgehead atoms. The van der Waals surface area contributed by atoms with Gasteiger partial charge in [-0.3, -0.25) is 0 Å². The molecule has 0 fully saturated rings. The summed E-state index contributed by atoms with van der Waals surface area (Å²) >= 11 is 0. The van der Waals surface area contributed by atoms with E-state index in [4.69, 9.17) is 4.74 Å². The van der Waals surface area contributed by atoms with Gasteiger partial charge >= 0.3 is 0 Å². The van der Waals surface area contributed by atoms with Crippen LogP contribution in [0, 0.1) is 6.92 Å². The molecule has 0 amide bonds. The van der Waals surface area contributed by atoms with Crippen LogP contribution in [0.2, 0.25) is 0 Å². The second-order valence-corrected chi connectivity index (χ2v) is 5.81. The predicted octanol–water partition coefficient (Wildman–Crippen LogP) is 4.40. The molecule has 17 heavy (non-hydrogen) atoms. The molecule has 1 aromatic rings. The van der Waals surface area contributed by atoms with E-state index in [0.29, 0.717) is 5.41 Å². The SMILES string of the molecule is CCCCOc1ccc2c(c1C)C(C)(C)CC2. The van der Waals surface area contributed by atoms with Crippen molar-refractivity contribution in [1.29, 1.82) is 0 Å². The molecule has 1 aliphatic carbocycles.